The van der Waals surface area contributed by atoms with Crippen LogP contribution >= 0.6 is 0 Å². The van der Waals surface area contributed by atoms with Crippen molar-refractivity contribution in [3.63, 3.8) is 0 Å². The number of aryl methyl sites for hydroxylation is 1. The van der Waals surface area contributed by atoms with Gasteiger partial charge in [0.25, 0.3) is 0 Å². The maximum absolute atomic E-state index is 13.0. The van der Waals surface area contributed by atoms with Crippen molar-refractivity contribution in [3.8, 4) is 11.5 Å². The zero-order chi connectivity index (χ0) is 22.5. The zero-order valence-electron chi connectivity index (χ0n) is 19.4. The smallest absolute Gasteiger partial charge is 0.221 e. The van der Waals surface area contributed by atoms with Gasteiger partial charge >= 0.3 is 0 Å². The highest BCUT2D eigenvalue weighted by Gasteiger charge is 2.24. The van der Waals surface area contributed by atoms with E-state index < -0.39 is 0 Å². The fourth-order valence-corrected chi connectivity index (χ4v) is 3.92. The second kappa shape index (κ2) is 9.90. The number of aromatic amines is 1. The van der Waals surface area contributed by atoms with E-state index in [1.54, 1.807) is 14.2 Å². The Bertz CT molecular complexity index is 1020. The predicted octanol–water partition coefficient (Wildman–Crippen LogP) is 5.43. The van der Waals surface area contributed by atoms with Crippen molar-refractivity contribution in [3.05, 3.63) is 59.3 Å². The first kappa shape index (κ1) is 22.7. The molecule has 3 rings (SSSR count). The number of carbonyl (C=O) groups excluding carboxylic acids is 1. The van der Waals surface area contributed by atoms with Crippen LogP contribution in [0.2, 0.25) is 0 Å². The van der Waals surface area contributed by atoms with Crippen molar-refractivity contribution in [2.24, 2.45) is 5.92 Å². The first-order valence-corrected chi connectivity index (χ1v) is 11.0. The molecule has 0 fully saturated rings. The molecule has 5 heteroatoms. The van der Waals surface area contributed by atoms with Crippen LogP contribution in [-0.4, -0.2) is 31.2 Å². The molecule has 166 valence electrons. The van der Waals surface area contributed by atoms with E-state index in [2.05, 4.69) is 49.3 Å². The summed E-state index contributed by atoms with van der Waals surface area (Å²) >= 11 is 0. The molecule has 1 heterocycles. The van der Waals surface area contributed by atoms with Crippen LogP contribution in [0.25, 0.3) is 10.9 Å². The molecule has 0 aliphatic rings. The van der Waals surface area contributed by atoms with Crippen molar-refractivity contribution in [2.45, 2.75) is 52.5 Å². The highest BCUT2D eigenvalue weighted by Crippen LogP contribution is 2.37. The largest absolute Gasteiger partial charge is 0.497 e. The Morgan fingerprint density at radius 1 is 1.06 bits per heavy atom. The Morgan fingerprint density at radius 2 is 1.74 bits per heavy atom. The number of benzene rings is 2. The third-order valence-electron chi connectivity index (χ3n) is 6.14. The number of amides is 1. The molecule has 1 aromatic heterocycles. The van der Waals surface area contributed by atoms with Gasteiger partial charge in [-0.3, -0.25) is 4.79 Å². The van der Waals surface area contributed by atoms with E-state index in [1.807, 2.05) is 31.3 Å². The Morgan fingerprint density at radius 3 is 2.32 bits per heavy atom. The van der Waals surface area contributed by atoms with Crippen LogP contribution in [-0.2, 0) is 11.2 Å². The third kappa shape index (κ3) is 5.04. The van der Waals surface area contributed by atoms with Crippen LogP contribution in [0.3, 0.4) is 0 Å². The number of hydrogen-bond acceptors (Lipinski definition) is 3. The Labute approximate surface area is 185 Å². The highest BCUT2D eigenvalue weighted by atomic mass is 16.5. The lowest BCUT2D eigenvalue weighted by Crippen LogP contribution is -2.36. The number of H-pyrrole nitrogens is 1. The summed E-state index contributed by atoms with van der Waals surface area (Å²) in [5, 5.41) is 4.31. The van der Waals surface area contributed by atoms with E-state index >= 15 is 0 Å². The summed E-state index contributed by atoms with van der Waals surface area (Å²) in [4.78, 5) is 16.5. The maximum atomic E-state index is 13.0. The second-order valence-electron chi connectivity index (χ2n) is 8.44. The SMILES string of the molecule is CCc1cccc2c(C(CC(=O)NC(C)C(C)C)c3cc(OC)cc(OC)c3)c[nH]c12. The van der Waals surface area contributed by atoms with Crippen molar-refractivity contribution in [1.29, 1.82) is 0 Å². The van der Waals surface area contributed by atoms with Gasteiger partial charge in [-0.25, -0.2) is 0 Å². The first-order valence-electron chi connectivity index (χ1n) is 11.0. The molecule has 0 saturated heterocycles. The minimum atomic E-state index is -0.135. The van der Waals surface area contributed by atoms with Gasteiger partial charge in [0.1, 0.15) is 11.5 Å². The van der Waals surface area contributed by atoms with Crippen LogP contribution in [0.15, 0.2) is 42.6 Å². The van der Waals surface area contributed by atoms with Crippen molar-refractivity contribution >= 4 is 16.8 Å². The molecule has 0 aliphatic carbocycles. The molecule has 2 aromatic carbocycles. The normalized spacial score (nSPS) is 13.3. The standard InChI is InChI=1S/C26H34N2O3/c1-7-18-9-8-10-22-24(15-27-26(18)22)23(14-25(29)28-17(4)16(2)3)19-11-20(30-5)13-21(12-19)31-6/h8-13,15-17,23,27H,7,14H2,1-6H3,(H,28,29). The van der Waals surface area contributed by atoms with Gasteiger partial charge < -0.3 is 19.8 Å². The predicted molar refractivity (Wildman–Crippen MR) is 126 cm³/mol. The molecule has 31 heavy (non-hydrogen) atoms. The molecule has 2 atom stereocenters. The summed E-state index contributed by atoms with van der Waals surface area (Å²) in [6, 6.07) is 12.3. The van der Waals surface area contributed by atoms with Crippen LogP contribution in [0, 0.1) is 5.92 Å². The molecule has 0 aliphatic heterocycles. The van der Waals surface area contributed by atoms with Gasteiger partial charge in [-0.15, -0.1) is 0 Å². The molecule has 0 radical (unpaired) electrons. The molecule has 5 nitrogen and oxygen atoms in total. The van der Waals surface area contributed by atoms with Gasteiger partial charge in [0, 0.05) is 41.5 Å². The molecular weight excluding hydrogens is 388 g/mol. The zero-order valence-corrected chi connectivity index (χ0v) is 19.4. The monoisotopic (exact) mass is 422 g/mol. The molecule has 0 bridgehead atoms. The summed E-state index contributed by atoms with van der Waals surface area (Å²) < 4.78 is 11.0. The number of hydrogen-bond donors (Lipinski definition) is 2. The number of methoxy groups -OCH3 is 2. The summed E-state index contributed by atoms with van der Waals surface area (Å²) in [5.41, 5.74) is 4.50. The summed E-state index contributed by atoms with van der Waals surface area (Å²) in [6.45, 7) is 8.42. The minimum absolute atomic E-state index is 0.0361. The van der Waals surface area contributed by atoms with Crippen LogP contribution in [0.5, 0.6) is 11.5 Å². The van der Waals surface area contributed by atoms with E-state index in [0.717, 1.165) is 28.5 Å². The van der Waals surface area contributed by atoms with Crippen LogP contribution in [0.4, 0.5) is 0 Å². The number of carbonyl (C=O) groups is 1. The number of ether oxygens (including phenoxy) is 2. The fraction of sp³-hybridized carbons (Fsp3) is 0.423. The average molecular weight is 423 g/mol. The van der Waals surface area contributed by atoms with E-state index in [-0.39, 0.29) is 17.9 Å². The van der Waals surface area contributed by atoms with Crippen molar-refractivity contribution in [1.82, 2.24) is 10.3 Å². The third-order valence-corrected chi connectivity index (χ3v) is 6.14. The Balaban J connectivity index is 2.08. The van der Waals surface area contributed by atoms with E-state index in [9.17, 15) is 4.79 Å². The van der Waals surface area contributed by atoms with Crippen LogP contribution < -0.4 is 14.8 Å². The lowest BCUT2D eigenvalue weighted by atomic mass is 9.87. The summed E-state index contributed by atoms with van der Waals surface area (Å²) in [6.07, 6.45) is 3.33. The van der Waals surface area contributed by atoms with Gasteiger partial charge in [-0.1, -0.05) is 39.0 Å². The maximum Gasteiger partial charge on any atom is 0.221 e. The molecular formula is C26H34N2O3. The first-order chi connectivity index (χ1) is 14.9. The van der Waals surface area contributed by atoms with E-state index in [0.29, 0.717) is 23.8 Å². The van der Waals surface area contributed by atoms with Gasteiger partial charge in [0.15, 0.2) is 0 Å². The quantitative estimate of drug-likeness (QED) is 0.483. The second-order valence-corrected chi connectivity index (χ2v) is 8.44. The van der Waals surface area contributed by atoms with Crippen LogP contribution in [0.1, 0.15) is 56.7 Å². The van der Waals surface area contributed by atoms with Gasteiger partial charge in [-0.05, 0) is 48.1 Å². The molecule has 1 amide bonds. The fourth-order valence-electron chi connectivity index (χ4n) is 3.92. The Hall–Kier alpha value is -2.95. The summed E-state index contributed by atoms with van der Waals surface area (Å²) in [5.74, 6) is 1.70. The molecule has 2 unspecified atom stereocenters. The lowest BCUT2D eigenvalue weighted by molar-refractivity contribution is -0.122. The number of nitrogens with one attached hydrogen (secondary N) is 2. The number of fused-ring (bicyclic) bond motifs is 1. The number of para-hydroxylation sites is 1. The highest BCUT2D eigenvalue weighted by molar-refractivity contribution is 5.88. The van der Waals surface area contributed by atoms with Crippen molar-refractivity contribution < 1.29 is 14.3 Å². The average Bonchev–Trinajstić information content (AvgIpc) is 3.20. The van der Waals surface area contributed by atoms with Gasteiger partial charge in [0.2, 0.25) is 5.91 Å². The summed E-state index contributed by atoms with van der Waals surface area (Å²) in [7, 11) is 3.29. The molecule has 3 aromatic rings. The van der Waals surface area contributed by atoms with Gasteiger partial charge in [-0.2, -0.15) is 0 Å². The minimum Gasteiger partial charge on any atom is -0.497 e. The van der Waals surface area contributed by atoms with E-state index in [1.165, 1.54) is 5.56 Å². The van der Waals surface area contributed by atoms with Gasteiger partial charge in [0.05, 0.1) is 14.2 Å². The number of rotatable bonds is 9. The Kier molecular flexibility index (Phi) is 7.26. The van der Waals surface area contributed by atoms with E-state index in [4.69, 9.17) is 9.47 Å². The van der Waals surface area contributed by atoms with Crippen molar-refractivity contribution in [2.75, 3.05) is 14.2 Å². The topological polar surface area (TPSA) is 63.4 Å². The molecule has 0 saturated carbocycles. The number of aromatic nitrogens is 1. The lowest BCUT2D eigenvalue weighted by Gasteiger charge is -2.22. The molecule has 0 spiro atoms. The molecule has 2 N–H and O–H groups in total.